The van der Waals surface area contributed by atoms with E-state index in [4.69, 9.17) is 0 Å². The summed E-state index contributed by atoms with van der Waals surface area (Å²) in [6.45, 7) is 1.09. The molecule has 22 heavy (non-hydrogen) atoms. The molecule has 2 aromatic rings. The smallest absolute Gasteiger partial charge is 0.127 e. The van der Waals surface area contributed by atoms with Crippen molar-refractivity contribution >= 4 is 0 Å². The summed E-state index contributed by atoms with van der Waals surface area (Å²) in [7, 11) is 0. The van der Waals surface area contributed by atoms with Crippen LogP contribution < -0.4 is 0 Å². The molecule has 0 unspecified atom stereocenters. The third-order valence-electron chi connectivity index (χ3n) is 3.79. The van der Waals surface area contributed by atoms with Crippen LogP contribution >= 0.6 is 0 Å². The standard InChI is InChI=1S/C18H23NO3/c20-13-11-19(12-14-21)15-18(22,16-7-3-1-4-8-16)17-9-5-2-6-10-17/h1-10,20-22H,11-15H2. The van der Waals surface area contributed by atoms with Crippen molar-refractivity contribution in [1.29, 1.82) is 0 Å². The molecular weight excluding hydrogens is 278 g/mol. The fourth-order valence-electron chi connectivity index (χ4n) is 2.65. The van der Waals surface area contributed by atoms with E-state index >= 15 is 0 Å². The molecular formula is C18H23NO3. The number of aliphatic hydroxyl groups is 3. The van der Waals surface area contributed by atoms with Crippen molar-refractivity contribution in [2.45, 2.75) is 5.60 Å². The highest BCUT2D eigenvalue weighted by atomic mass is 16.3. The second-order valence-electron chi connectivity index (χ2n) is 5.32. The summed E-state index contributed by atoms with van der Waals surface area (Å²) in [5.74, 6) is 0. The molecule has 0 aliphatic carbocycles. The molecule has 0 aliphatic rings. The SMILES string of the molecule is OCCN(CCO)CC(O)(c1ccccc1)c1ccccc1. The number of hydrogen-bond acceptors (Lipinski definition) is 4. The highest BCUT2D eigenvalue weighted by molar-refractivity contribution is 5.36. The van der Waals surface area contributed by atoms with Crippen LogP contribution in [0.2, 0.25) is 0 Å². The van der Waals surface area contributed by atoms with Crippen LogP contribution in [0.3, 0.4) is 0 Å². The molecule has 0 bridgehead atoms. The van der Waals surface area contributed by atoms with Crippen LogP contribution in [0, 0.1) is 0 Å². The van der Waals surface area contributed by atoms with E-state index in [-0.39, 0.29) is 13.2 Å². The van der Waals surface area contributed by atoms with Crippen LogP contribution in [-0.2, 0) is 5.60 Å². The molecule has 0 atom stereocenters. The van der Waals surface area contributed by atoms with E-state index in [1.54, 1.807) is 0 Å². The van der Waals surface area contributed by atoms with Crippen LogP contribution in [-0.4, -0.2) is 53.1 Å². The minimum Gasteiger partial charge on any atom is -0.395 e. The maximum atomic E-state index is 11.4. The van der Waals surface area contributed by atoms with Gasteiger partial charge in [-0.1, -0.05) is 60.7 Å². The van der Waals surface area contributed by atoms with Gasteiger partial charge in [0.1, 0.15) is 5.60 Å². The van der Waals surface area contributed by atoms with Gasteiger partial charge in [0.2, 0.25) is 0 Å². The average molecular weight is 301 g/mol. The van der Waals surface area contributed by atoms with Gasteiger partial charge < -0.3 is 15.3 Å². The monoisotopic (exact) mass is 301 g/mol. The van der Waals surface area contributed by atoms with Crippen molar-refractivity contribution in [2.24, 2.45) is 0 Å². The van der Waals surface area contributed by atoms with Crippen molar-refractivity contribution in [2.75, 3.05) is 32.8 Å². The van der Waals surface area contributed by atoms with E-state index < -0.39 is 5.60 Å². The largest absolute Gasteiger partial charge is 0.395 e. The Hall–Kier alpha value is -1.72. The Bertz CT molecular complexity index is 499. The Morgan fingerprint density at radius 3 is 1.50 bits per heavy atom. The van der Waals surface area contributed by atoms with Crippen LogP contribution in [0.15, 0.2) is 60.7 Å². The third-order valence-corrected chi connectivity index (χ3v) is 3.79. The van der Waals surface area contributed by atoms with E-state index in [1.165, 1.54) is 0 Å². The summed E-state index contributed by atoms with van der Waals surface area (Å²) < 4.78 is 0. The Balaban J connectivity index is 2.37. The molecule has 0 fully saturated rings. The van der Waals surface area contributed by atoms with E-state index in [2.05, 4.69) is 0 Å². The van der Waals surface area contributed by atoms with Gasteiger partial charge in [-0.05, 0) is 11.1 Å². The zero-order valence-corrected chi connectivity index (χ0v) is 12.6. The van der Waals surface area contributed by atoms with Gasteiger partial charge in [-0.15, -0.1) is 0 Å². The highest BCUT2D eigenvalue weighted by Gasteiger charge is 2.33. The van der Waals surface area contributed by atoms with E-state index in [0.29, 0.717) is 19.6 Å². The van der Waals surface area contributed by atoms with Crippen molar-refractivity contribution in [3.63, 3.8) is 0 Å². The lowest BCUT2D eigenvalue weighted by Gasteiger charge is -2.35. The second-order valence-corrected chi connectivity index (χ2v) is 5.32. The van der Waals surface area contributed by atoms with Gasteiger partial charge in [-0.3, -0.25) is 4.90 Å². The normalized spacial score (nSPS) is 11.8. The van der Waals surface area contributed by atoms with Gasteiger partial charge in [0.15, 0.2) is 0 Å². The Morgan fingerprint density at radius 2 is 1.14 bits per heavy atom. The van der Waals surface area contributed by atoms with Gasteiger partial charge in [0.05, 0.1) is 13.2 Å². The number of hydrogen-bond donors (Lipinski definition) is 3. The zero-order valence-electron chi connectivity index (χ0n) is 12.6. The molecule has 0 amide bonds. The van der Waals surface area contributed by atoms with Crippen LogP contribution in [0.1, 0.15) is 11.1 Å². The first-order valence-electron chi connectivity index (χ1n) is 7.48. The molecule has 0 aliphatic heterocycles. The predicted octanol–water partition coefficient (Wildman–Crippen LogP) is 1.21. The summed E-state index contributed by atoms with van der Waals surface area (Å²) in [6.07, 6.45) is 0. The van der Waals surface area contributed by atoms with Crippen molar-refractivity contribution in [3.05, 3.63) is 71.8 Å². The van der Waals surface area contributed by atoms with Gasteiger partial charge in [0.25, 0.3) is 0 Å². The fraction of sp³-hybridized carbons (Fsp3) is 0.333. The number of rotatable bonds is 8. The first kappa shape index (κ1) is 16.6. The Kier molecular flexibility index (Phi) is 6.10. The molecule has 2 aromatic carbocycles. The van der Waals surface area contributed by atoms with Gasteiger partial charge >= 0.3 is 0 Å². The summed E-state index contributed by atoms with van der Waals surface area (Å²) in [6, 6.07) is 19.0. The van der Waals surface area contributed by atoms with Gasteiger partial charge in [-0.2, -0.15) is 0 Å². The predicted molar refractivity (Wildman–Crippen MR) is 86.5 cm³/mol. The quantitative estimate of drug-likeness (QED) is 0.686. The number of aliphatic hydroxyl groups excluding tert-OH is 2. The van der Waals surface area contributed by atoms with E-state index in [9.17, 15) is 15.3 Å². The second kappa shape index (κ2) is 8.06. The van der Waals surface area contributed by atoms with E-state index in [0.717, 1.165) is 11.1 Å². The molecule has 3 N–H and O–H groups in total. The lowest BCUT2D eigenvalue weighted by molar-refractivity contribution is 0.0247. The van der Waals surface area contributed by atoms with Crippen LogP contribution in [0.4, 0.5) is 0 Å². The Morgan fingerprint density at radius 1 is 0.727 bits per heavy atom. The van der Waals surface area contributed by atoms with Crippen molar-refractivity contribution in [3.8, 4) is 0 Å². The highest BCUT2D eigenvalue weighted by Crippen LogP contribution is 2.30. The van der Waals surface area contributed by atoms with Gasteiger partial charge in [-0.25, -0.2) is 0 Å². The summed E-state index contributed by atoms with van der Waals surface area (Å²) in [4.78, 5) is 1.86. The van der Waals surface area contributed by atoms with Crippen molar-refractivity contribution < 1.29 is 15.3 Å². The molecule has 4 heteroatoms. The maximum absolute atomic E-state index is 11.4. The van der Waals surface area contributed by atoms with Gasteiger partial charge in [0, 0.05) is 19.6 Å². The summed E-state index contributed by atoms with van der Waals surface area (Å²) in [5.41, 5.74) is 0.400. The number of nitrogens with zero attached hydrogens (tertiary/aromatic N) is 1. The topological polar surface area (TPSA) is 63.9 Å². The van der Waals surface area contributed by atoms with E-state index in [1.807, 2.05) is 65.6 Å². The molecule has 118 valence electrons. The number of benzene rings is 2. The summed E-state index contributed by atoms with van der Waals surface area (Å²) in [5, 5.41) is 29.8. The minimum atomic E-state index is -1.19. The van der Waals surface area contributed by atoms with Crippen LogP contribution in [0.5, 0.6) is 0 Å². The lowest BCUT2D eigenvalue weighted by Crippen LogP contribution is -2.44. The molecule has 0 saturated carbocycles. The fourth-order valence-corrected chi connectivity index (χ4v) is 2.65. The average Bonchev–Trinajstić information content (AvgIpc) is 2.57. The van der Waals surface area contributed by atoms with Crippen LogP contribution in [0.25, 0.3) is 0 Å². The molecule has 0 aromatic heterocycles. The third kappa shape index (κ3) is 3.93. The molecule has 0 saturated heterocycles. The first-order chi connectivity index (χ1) is 10.7. The molecule has 4 nitrogen and oxygen atoms in total. The zero-order chi connectivity index (χ0) is 15.8. The first-order valence-corrected chi connectivity index (χ1v) is 7.48. The van der Waals surface area contributed by atoms with Crippen molar-refractivity contribution in [1.82, 2.24) is 4.90 Å². The summed E-state index contributed by atoms with van der Waals surface area (Å²) >= 11 is 0. The molecule has 2 rings (SSSR count). The Labute approximate surface area is 131 Å². The molecule has 0 radical (unpaired) electrons. The maximum Gasteiger partial charge on any atom is 0.127 e. The molecule has 0 spiro atoms. The lowest BCUT2D eigenvalue weighted by atomic mass is 9.85. The molecule has 0 heterocycles. The minimum absolute atomic E-state index is 0.0142.